The normalized spacial score (nSPS) is 17.9. The average molecular weight is 260 g/mol. The minimum Gasteiger partial charge on any atom is -0.492 e. The van der Waals surface area contributed by atoms with Crippen LogP contribution in [-0.4, -0.2) is 25.0 Å². The molecule has 2 aromatic heterocycles. The Bertz CT molecular complexity index is 564. The summed E-state index contributed by atoms with van der Waals surface area (Å²) in [4.78, 5) is 16.2. The average Bonchev–Trinajstić information content (AvgIpc) is 2.79. The van der Waals surface area contributed by atoms with E-state index in [0.29, 0.717) is 17.0 Å². The highest BCUT2D eigenvalue weighted by Gasteiger charge is 2.12. The lowest BCUT2D eigenvalue weighted by atomic mass is 10.1. The maximum atomic E-state index is 9.94. The van der Waals surface area contributed by atoms with Gasteiger partial charge in [-0.25, -0.2) is 9.97 Å². The topological polar surface area (TPSA) is 74.7 Å². The van der Waals surface area contributed by atoms with E-state index in [2.05, 4.69) is 19.9 Å². The fourth-order valence-electron chi connectivity index (χ4n) is 2.66. The van der Waals surface area contributed by atoms with Gasteiger partial charge in [0.1, 0.15) is 17.2 Å². The molecular formula is C14H20N4O. The summed E-state index contributed by atoms with van der Waals surface area (Å²) < 4.78 is 0. The van der Waals surface area contributed by atoms with E-state index in [9.17, 15) is 5.11 Å². The van der Waals surface area contributed by atoms with E-state index < -0.39 is 0 Å². The van der Waals surface area contributed by atoms with Gasteiger partial charge in [0.05, 0.1) is 0 Å². The minimum absolute atomic E-state index is 0.0358. The van der Waals surface area contributed by atoms with Crippen LogP contribution in [0.5, 0.6) is 5.88 Å². The first-order valence-electron chi connectivity index (χ1n) is 7.27. The van der Waals surface area contributed by atoms with Crippen molar-refractivity contribution in [2.75, 3.05) is 0 Å². The smallest absolute Gasteiger partial charge is 0.241 e. The number of imidazole rings is 1. The summed E-state index contributed by atoms with van der Waals surface area (Å²) in [6.45, 7) is 0. The number of rotatable bonds is 0. The molecule has 0 saturated carbocycles. The number of hydrogen-bond acceptors (Lipinski definition) is 4. The van der Waals surface area contributed by atoms with Crippen LogP contribution in [0.1, 0.15) is 56.6 Å². The van der Waals surface area contributed by atoms with E-state index in [1.165, 1.54) is 32.1 Å². The van der Waals surface area contributed by atoms with E-state index in [1.54, 1.807) is 0 Å². The summed E-state index contributed by atoms with van der Waals surface area (Å²) in [5.41, 5.74) is 1.18. The molecule has 3 heterocycles. The van der Waals surface area contributed by atoms with Crippen molar-refractivity contribution in [3.63, 3.8) is 0 Å². The molecular weight excluding hydrogens is 240 g/mol. The standard InChI is InChI=1S/C14H20N4O/c19-14-12-13-16-10(15-12)8-6-4-2-1-3-5-7-9-11(17-13)18-14/h1-9H2,(H2,15,16,17,18,19). The summed E-state index contributed by atoms with van der Waals surface area (Å²) in [7, 11) is 0. The summed E-state index contributed by atoms with van der Waals surface area (Å²) in [6.07, 6.45) is 10.3. The van der Waals surface area contributed by atoms with E-state index in [4.69, 9.17) is 0 Å². The third-order valence-corrected chi connectivity index (χ3v) is 3.74. The zero-order valence-corrected chi connectivity index (χ0v) is 11.2. The maximum absolute atomic E-state index is 9.94. The number of aryl methyl sites for hydroxylation is 2. The van der Waals surface area contributed by atoms with Gasteiger partial charge in [0.15, 0.2) is 5.65 Å². The van der Waals surface area contributed by atoms with Crippen LogP contribution in [0, 0.1) is 0 Å². The fraction of sp³-hybridized carbons (Fsp3) is 0.643. The summed E-state index contributed by atoms with van der Waals surface area (Å²) in [5.74, 6) is 1.66. The second kappa shape index (κ2) is 5.55. The van der Waals surface area contributed by atoms with Crippen LogP contribution in [0.3, 0.4) is 0 Å². The lowest BCUT2D eigenvalue weighted by molar-refractivity contribution is 0.454. The van der Waals surface area contributed by atoms with Crippen molar-refractivity contribution in [2.24, 2.45) is 0 Å². The lowest BCUT2D eigenvalue weighted by Gasteiger charge is -2.03. The Balaban J connectivity index is 1.92. The number of aromatic amines is 1. The molecule has 0 spiro atoms. The Kier molecular flexibility index (Phi) is 3.62. The summed E-state index contributed by atoms with van der Waals surface area (Å²) in [5, 5.41) is 9.94. The lowest BCUT2D eigenvalue weighted by Crippen LogP contribution is -1.96. The van der Waals surface area contributed by atoms with Crippen LogP contribution in [0.4, 0.5) is 0 Å². The molecule has 3 bridgehead atoms. The fourth-order valence-corrected chi connectivity index (χ4v) is 2.66. The minimum atomic E-state index is 0.0358. The van der Waals surface area contributed by atoms with Gasteiger partial charge in [-0.3, -0.25) is 0 Å². The zero-order chi connectivity index (χ0) is 13.1. The number of aromatic hydroxyl groups is 1. The first-order chi connectivity index (χ1) is 9.33. The number of fused-ring (bicyclic) bond motifs is 2. The summed E-state index contributed by atoms with van der Waals surface area (Å²) >= 11 is 0. The second-order valence-corrected chi connectivity index (χ2v) is 5.32. The van der Waals surface area contributed by atoms with Crippen LogP contribution in [-0.2, 0) is 12.8 Å². The third-order valence-electron chi connectivity index (χ3n) is 3.74. The number of hydrogen-bond donors (Lipinski definition) is 2. The van der Waals surface area contributed by atoms with E-state index >= 15 is 0 Å². The first-order valence-corrected chi connectivity index (χ1v) is 7.27. The molecule has 0 amide bonds. The molecule has 1 aliphatic rings. The van der Waals surface area contributed by atoms with Gasteiger partial charge in [-0.15, -0.1) is 0 Å². The Morgan fingerprint density at radius 1 is 0.789 bits per heavy atom. The molecule has 0 fully saturated rings. The highest BCUT2D eigenvalue weighted by Crippen LogP contribution is 2.21. The molecule has 0 saturated heterocycles. The molecule has 0 unspecified atom stereocenters. The zero-order valence-electron chi connectivity index (χ0n) is 11.2. The largest absolute Gasteiger partial charge is 0.492 e. The van der Waals surface area contributed by atoms with Crippen molar-refractivity contribution >= 4 is 11.2 Å². The van der Waals surface area contributed by atoms with E-state index in [1.807, 2.05) is 0 Å². The van der Waals surface area contributed by atoms with Crippen molar-refractivity contribution in [2.45, 2.75) is 57.8 Å². The molecule has 0 aliphatic carbocycles. The molecule has 2 aromatic rings. The van der Waals surface area contributed by atoms with Gasteiger partial charge in [-0.05, 0) is 12.8 Å². The van der Waals surface area contributed by atoms with E-state index in [0.717, 1.165) is 31.5 Å². The Labute approximate surface area is 112 Å². The molecule has 5 nitrogen and oxygen atoms in total. The van der Waals surface area contributed by atoms with Crippen molar-refractivity contribution in [1.82, 2.24) is 19.9 Å². The molecule has 0 atom stereocenters. The van der Waals surface area contributed by atoms with Crippen LogP contribution in [0.25, 0.3) is 11.2 Å². The Morgan fingerprint density at radius 2 is 1.47 bits per heavy atom. The molecule has 19 heavy (non-hydrogen) atoms. The Morgan fingerprint density at radius 3 is 2.26 bits per heavy atom. The van der Waals surface area contributed by atoms with Gasteiger partial charge < -0.3 is 10.1 Å². The molecule has 0 aromatic carbocycles. The molecule has 1 aliphatic heterocycles. The van der Waals surface area contributed by atoms with Gasteiger partial charge in [0.25, 0.3) is 0 Å². The van der Waals surface area contributed by atoms with Gasteiger partial charge >= 0.3 is 0 Å². The van der Waals surface area contributed by atoms with Crippen molar-refractivity contribution in [3.8, 4) is 5.88 Å². The van der Waals surface area contributed by atoms with Gasteiger partial charge in [-0.2, -0.15) is 4.98 Å². The van der Waals surface area contributed by atoms with Gasteiger partial charge in [0.2, 0.25) is 5.88 Å². The number of nitrogens with zero attached hydrogens (tertiary/aromatic N) is 3. The predicted octanol–water partition coefficient (Wildman–Crippen LogP) is 2.89. The number of nitrogens with one attached hydrogen (secondary N) is 1. The number of H-pyrrole nitrogens is 1. The summed E-state index contributed by atoms with van der Waals surface area (Å²) in [6, 6.07) is 0. The maximum Gasteiger partial charge on any atom is 0.241 e. The molecule has 0 radical (unpaired) electrons. The van der Waals surface area contributed by atoms with Crippen molar-refractivity contribution in [3.05, 3.63) is 11.6 Å². The SMILES string of the molecule is Oc1nc2nc3nc([nH]c13)CCCCCCCCC2. The number of aromatic nitrogens is 4. The van der Waals surface area contributed by atoms with Gasteiger partial charge in [-0.1, -0.05) is 32.1 Å². The third kappa shape index (κ3) is 2.85. The molecule has 102 valence electrons. The van der Waals surface area contributed by atoms with Crippen LogP contribution >= 0.6 is 0 Å². The van der Waals surface area contributed by atoms with Crippen molar-refractivity contribution in [1.29, 1.82) is 0 Å². The highest BCUT2D eigenvalue weighted by molar-refractivity contribution is 5.75. The first kappa shape index (κ1) is 12.4. The van der Waals surface area contributed by atoms with Crippen LogP contribution < -0.4 is 0 Å². The van der Waals surface area contributed by atoms with Crippen LogP contribution in [0.15, 0.2) is 0 Å². The molecule has 2 N–H and O–H groups in total. The predicted molar refractivity (Wildman–Crippen MR) is 73.1 cm³/mol. The van der Waals surface area contributed by atoms with Crippen LogP contribution in [0.2, 0.25) is 0 Å². The second-order valence-electron chi connectivity index (χ2n) is 5.32. The van der Waals surface area contributed by atoms with Crippen molar-refractivity contribution < 1.29 is 5.11 Å². The quantitative estimate of drug-likeness (QED) is 0.763. The highest BCUT2D eigenvalue weighted by atomic mass is 16.3. The molecule has 5 heteroatoms. The monoisotopic (exact) mass is 260 g/mol. The molecule has 3 rings (SSSR count). The van der Waals surface area contributed by atoms with Gasteiger partial charge in [0, 0.05) is 12.8 Å². The van der Waals surface area contributed by atoms with E-state index in [-0.39, 0.29) is 5.88 Å². The Hall–Kier alpha value is -1.65.